The lowest BCUT2D eigenvalue weighted by Crippen LogP contribution is -2.45. The molecule has 0 aromatic carbocycles. The average Bonchev–Trinajstić information content (AvgIpc) is 3.42. The molecule has 0 saturated carbocycles. The van der Waals surface area contributed by atoms with E-state index >= 15 is 0 Å². The van der Waals surface area contributed by atoms with Crippen molar-refractivity contribution in [3.8, 4) is 0 Å². The zero-order valence-corrected chi connectivity index (χ0v) is 51.0. The van der Waals surface area contributed by atoms with Gasteiger partial charge >= 0.3 is 5.97 Å². The number of unbranched alkanes of at least 4 members (excludes halogenated alkanes) is 44. The molecule has 0 aliphatic heterocycles. The number of hydrogen-bond donors (Lipinski definition) is 3. The highest BCUT2D eigenvalue weighted by atomic mass is 16.5. The minimum atomic E-state index is -0.667. The Morgan fingerprint density at radius 1 is 0.368 bits per heavy atom. The number of carbonyl (C=O) groups excluding carboxylic acids is 2. The highest BCUT2D eigenvalue weighted by Crippen LogP contribution is 2.18. The number of aliphatic hydroxyl groups is 2. The third kappa shape index (κ3) is 61.0. The smallest absolute Gasteiger partial charge is 0.305 e. The highest BCUT2D eigenvalue weighted by molar-refractivity contribution is 5.76. The maximum absolute atomic E-state index is 12.5. The first-order valence-electron chi connectivity index (χ1n) is 33.9. The monoisotopic (exact) mass is 1070 g/mol. The Labute approximate surface area is 474 Å². The fraction of sp³-hybridized carbons (Fsp3) is 0.857. The van der Waals surface area contributed by atoms with Crippen LogP contribution in [0.25, 0.3) is 0 Å². The van der Waals surface area contributed by atoms with E-state index in [9.17, 15) is 19.8 Å². The van der Waals surface area contributed by atoms with E-state index in [0.29, 0.717) is 25.9 Å². The van der Waals surface area contributed by atoms with Gasteiger partial charge in [0.2, 0.25) is 5.91 Å². The van der Waals surface area contributed by atoms with Gasteiger partial charge in [0.15, 0.2) is 0 Å². The van der Waals surface area contributed by atoms with E-state index in [2.05, 4.69) is 67.8 Å². The maximum Gasteiger partial charge on any atom is 0.305 e. The Hall–Kier alpha value is -2.18. The molecule has 0 radical (unpaired) electrons. The van der Waals surface area contributed by atoms with E-state index < -0.39 is 12.1 Å². The van der Waals surface area contributed by atoms with Crippen LogP contribution in [-0.2, 0) is 14.3 Å². The summed E-state index contributed by atoms with van der Waals surface area (Å²) in [5, 5.41) is 23.3. The van der Waals surface area contributed by atoms with Crippen molar-refractivity contribution in [3.63, 3.8) is 0 Å². The molecular weight excluding hydrogens is 935 g/mol. The standard InChI is InChI=1S/C70H131NO5/c1-3-5-7-9-11-13-15-17-19-31-36-40-44-48-52-56-60-64-70(75)76-65-61-57-53-49-45-41-37-33-30-28-26-24-22-20-21-23-25-27-29-32-35-39-43-47-51-55-59-63-69(74)71-67(66-72)68(73)62-58-54-50-46-42-38-34-18-16-14-12-10-8-6-4-2/h11,13,17,19-21,24,26,67-68,72-73H,3-10,12,14-16,18,22-23,25,27-66H2,1-2H3,(H,71,74)/b13-11-,19-17-,21-20-,26-24-. The first-order valence-corrected chi connectivity index (χ1v) is 33.9. The van der Waals surface area contributed by atoms with E-state index in [4.69, 9.17) is 4.74 Å². The van der Waals surface area contributed by atoms with E-state index in [1.807, 2.05) is 0 Å². The van der Waals surface area contributed by atoms with Gasteiger partial charge in [-0.1, -0.05) is 306 Å². The Morgan fingerprint density at radius 3 is 1.03 bits per heavy atom. The fourth-order valence-electron chi connectivity index (χ4n) is 10.4. The molecule has 6 heteroatoms. The highest BCUT2D eigenvalue weighted by Gasteiger charge is 2.20. The predicted octanol–water partition coefficient (Wildman–Crippen LogP) is 21.7. The molecule has 0 aromatic rings. The second-order valence-corrected chi connectivity index (χ2v) is 23.1. The summed E-state index contributed by atoms with van der Waals surface area (Å²) in [6.45, 7) is 4.94. The molecule has 0 bridgehead atoms. The van der Waals surface area contributed by atoms with Gasteiger partial charge in [-0.15, -0.1) is 0 Å². The maximum atomic E-state index is 12.5. The lowest BCUT2D eigenvalue weighted by Gasteiger charge is -2.22. The van der Waals surface area contributed by atoms with Crippen molar-refractivity contribution in [2.24, 2.45) is 0 Å². The summed E-state index contributed by atoms with van der Waals surface area (Å²) in [4.78, 5) is 24.6. The van der Waals surface area contributed by atoms with Crippen LogP contribution in [0.5, 0.6) is 0 Å². The molecule has 2 unspecified atom stereocenters. The zero-order chi connectivity index (χ0) is 55.0. The number of hydrogen-bond acceptors (Lipinski definition) is 5. The van der Waals surface area contributed by atoms with Crippen LogP contribution in [0.3, 0.4) is 0 Å². The minimum absolute atomic E-state index is 0.00290. The van der Waals surface area contributed by atoms with Crippen LogP contribution < -0.4 is 5.32 Å². The molecule has 446 valence electrons. The van der Waals surface area contributed by atoms with Crippen LogP contribution in [0.4, 0.5) is 0 Å². The van der Waals surface area contributed by atoms with Crippen LogP contribution >= 0.6 is 0 Å². The van der Waals surface area contributed by atoms with Gasteiger partial charge in [0, 0.05) is 12.8 Å². The molecule has 6 nitrogen and oxygen atoms in total. The number of aliphatic hydroxyl groups excluding tert-OH is 2. The largest absolute Gasteiger partial charge is 0.466 e. The second-order valence-electron chi connectivity index (χ2n) is 23.1. The molecular formula is C70H131NO5. The summed E-state index contributed by atoms with van der Waals surface area (Å²) < 4.78 is 5.49. The second kappa shape index (κ2) is 65.3. The Bertz CT molecular complexity index is 1270. The normalized spacial score (nSPS) is 12.8. The summed E-state index contributed by atoms with van der Waals surface area (Å²) in [7, 11) is 0. The molecule has 0 heterocycles. The van der Waals surface area contributed by atoms with E-state index in [1.165, 1.54) is 270 Å². The summed E-state index contributed by atoms with van der Waals surface area (Å²) in [6.07, 6.45) is 84.3. The van der Waals surface area contributed by atoms with Crippen molar-refractivity contribution in [2.45, 2.75) is 373 Å². The van der Waals surface area contributed by atoms with Crippen molar-refractivity contribution in [2.75, 3.05) is 13.2 Å². The molecule has 0 aliphatic rings. The third-order valence-corrected chi connectivity index (χ3v) is 15.6. The molecule has 0 spiro atoms. The summed E-state index contributed by atoms with van der Waals surface area (Å²) in [5.41, 5.74) is 0. The van der Waals surface area contributed by atoms with Crippen LogP contribution in [0.2, 0.25) is 0 Å². The van der Waals surface area contributed by atoms with Crippen molar-refractivity contribution >= 4 is 11.9 Å². The lowest BCUT2D eigenvalue weighted by molar-refractivity contribution is -0.143. The topological polar surface area (TPSA) is 95.9 Å². The van der Waals surface area contributed by atoms with Crippen LogP contribution in [-0.4, -0.2) is 47.4 Å². The van der Waals surface area contributed by atoms with Crippen molar-refractivity contribution in [3.05, 3.63) is 48.6 Å². The fourth-order valence-corrected chi connectivity index (χ4v) is 10.4. The molecule has 0 fully saturated rings. The number of amides is 1. The SMILES string of the molecule is CCCCC/C=C\C/C=C\CCCCCCCCCC(=O)OCCCCCCCCCCC/C=C\C/C=C\CCCCCCCCCCCCCC(=O)NC(CO)C(O)CCCCCCCCCCCCCCCCC. The third-order valence-electron chi connectivity index (χ3n) is 15.6. The summed E-state index contributed by atoms with van der Waals surface area (Å²) in [5.74, 6) is -0.0337. The van der Waals surface area contributed by atoms with Crippen LogP contribution in [0.15, 0.2) is 48.6 Å². The summed E-state index contributed by atoms with van der Waals surface area (Å²) in [6, 6.07) is -0.544. The van der Waals surface area contributed by atoms with Crippen LogP contribution in [0, 0.1) is 0 Å². The predicted molar refractivity (Wildman–Crippen MR) is 333 cm³/mol. The molecule has 0 aliphatic carbocycles. The summed E-state index contributed by atoms with van der Waals surface area (Å²) >= 11 is 0. The quantitative estimate of drug-likeness (QED) is 0.0320. The van der Waals surface area contributed by atoms with Gasteiger partial charge in [0.05, 0.1) is 25.4 Å². The lowest BCUT2D eigenvalue weighted by atomic mass is 10.0. The van der Waals surface area contributed by atoms with Crippen LogP contribution in [0.1, 0.15) is 361 Å². The van der Waals surface area contributed by atoms with Gasteiger partial charge in [0.25, 0.3) is 0 Å². The van der Waals surface area contributed by atoms with Gasteiger partial charge in [-0.05, 0) is 89.9 Å². The molecule has 0 aromatic heterocycles. The van der Waals surface area contributed by atoms with Gasteiger partial charge in [0.1, 0.15) is 0 Å². The van der Waals surface area contributed by atoms with Crippen molar-refractivity contribution < 1.29 is 24.5 Å². The number of rotatable bonds is 63. The Morgan fingerprint density at radius 2 is 0.658 bits per heavy atom. The van der Waals surface area contributed by atoms with E-state index in [-0.39, 0.29) is 18.5 Å². The van der Waals surface area contributed by atoms with E-state index in [0.717, 1.165) is 57.8 Å². The first-order chi connectivity index (χ1) is 37.5. The number of carbonyl (C=O) groups is 2. The average molecular weight is 1070 g/mol. The molecule has 0 saturated heterocycles. The number of esters is 1. The first kappa shape index (κ1) is 73.8. The van der Waals surface area contributed by atoms with Gasteiger partial charge in [-0.2, -0.15) is 0 Å². The number of ether oxygens (including phenoxy) is 1. The van der Waals surface area contributed by atoms with Gasteiger partial charge < -0.3 is 20.3 Å². The number of allylic oxidation sites excluding steroid dienone is 8. The number of nitrogens with one attached hydrogen (secondary N) is 1. The van der Waals surface area contributed by atoms with Gasteiger partial charge in [-0.25, -0.2) is 0 Å². The zero-order valence-electron chi connectivity index (χ0n) is 51.0. The Kier molecular flexibility index (Phi) is 63.5. The molecule has 0 rings (SSSR count). The molecule has 76 heavy (non-hydrogen) atoms. The van der Waals surface area contributed by atoms with Crippen molar-refractivity contribution in [1.29, 1.82) is 0 Å². The molecule has 2 atom stereocenters. The van der Waals surface area contributed by atoms with E-state index in [1.54, 1.807) is 0 Å². The van der Waals surface area contributed by atoms with Gasteiger partial charge in [-0.3, -0.25) is 9.59 Å². The molecule has 3 N–H and O–H groups in total. The molecule has 1 amide bonds. The Balaban J connectivity index is 3.41. The minimum Gasteiger partial charge on any atom is -0.466 e. The van der Waals surface area contributed by atoms with Crippen molar-refractivity contribution in [1.82, 2.24) is 5.32 Å².